The van der Waals surface area contributed by atoms with Gasteiger partial charge in [-0.05, 0) is 54.3 Å². The van der Waals surface area contributed by atoms with Crippen LogP contribution in [0.5, 0.6) is 0 Å². The van der Waals surface area contributed by atoms with E-state index in [0.717, 1.165) is 27.3 Å². The Morgan fingerprint density at radius 1 is 0.789 bits per heavy atom. The van der Waals surface area contributed by atoms with E-state index in [2.05, 4.69) is 0 Å². The van der Waals surface area contributed by atoms with Crippen molar-refractivity contribution in [3.05, 3.63) is 67.7 Å². The molecule has 0 fully saturated rings. The van der Waals surface area contributed by atoms with Gasteiger partial charge in [-0.3, -0.25) is 0 Å². The van der Waals surface area contributed by atoms with Crippen LogP contribution in [0.4, 0.5) is 0 Å². The summed E-state index contributed by atoms with van der Waals surface area (Å²) < 4.78 is 0. The van der Waals surface area contributed by atoms with E-state index in [1.54, 1.807) is 12.1 Å². The molecule has 0 aliphatic rings. The molecule has 0 aliphatic heterocycles. The minimum absolute atomic E-state index is 0.272. The van der Waals surface area contributed by atoms with Gasteiger partial charge < -0.3 is 0 Å². The summed E-state index contributed by atoms with van der Waals surface area (Å²) in [6.45, 7) is 3.96. The second kappa shape index (κ2) is 5.93. The highest BCUT2D eigenvalue weighted by molar-refractivity contribution is 6.42. The van der Waals surface area contributed by atoms with Gasteiger partial charge >= 0.3 is 0 Å². The summed E-state index contributed by atoms with van der Waals surface area (Å²) in [7, 11) is 0. The van der Waals surface area contributed by atoms with Gasteiger partial charge in [0.2, 0.25) is 0 Å². The van der Waals surface area contributed by atoms with E-state index in [-0.39, 0.29) is 5.38 Å². The smallest absolute Gasteiger partial charge is 0.0838 e. The van der Waals surface area contributed by atoms with Gasteiger partial charge in [0.05, 0.1) is 15.4 Å². The predicted molar refractivity (Wildman–Crippen MR) is 85.1 cm³/mol. The Balaban J connectivity index is 2.46. The minimum atomic E-state index is -0.272. The summed E-state index contributed by atoms with van der Waals surface area (Å²) >= 11 is 24.6. The molecule has 0 saturated carbocycles. The lowest BCUT2D eigenvalue weighted by atomic mass is 9.98. The number of benzene rings is 2. The van der Waals surface area contributed by atoms with Crippen molar-refractivity contribution >= 4 is 46.4 Å². The van der Waals surface area contributed by atoms with E-state index in [4.69, 9.17) is 46.4 Å². The third kappa shape index (κ3) is 3.20. The van der Waals surface area contributed by atoms with Gasteiger partial charge in [0.1, 0.15) is 0 Å². The molecule has 0 amide bonds. The Labute approximate surface area is 133 Å². The molecule has 2 rings (SSSR count). The topological polar surface area (TPSA) is 0 Å². The molecule has 0 radical (unpaired) electrons. The first-order valence-electron chi connectivity index (χ1n) is 5.76. The summed E-state index contributed by atoms with van der Waals surface area (Å²) in [6, 6.07) is 9.38. The number of hydrogen-bond acceptors (Lipinski definition) is 0. The summed E-state index contributed by atoms with van der Waals surface area (Å²) in [4.78, 5) is 0. The SMILES string of the molecule is Cc1cc(C(Cl)c2ccc(Cl)c(Cl)c2)c(C)cc1Cl. The molecule has 4 heteroatoms. The van der Waals surface area contributed by atoms with Crippen LogP contribution in [-0.4, -0.2) is 0 Å². The Hall–Kier alpha value is -0.400. The number of rotatable bonds is 2. The first kappa shape index (κ1) is 15.0. The molecule has 0 N–H and O–H groups in total. The van der Waals surface area contributed by atoms with E-state index in [1.165, 1.54) is 0 Å². The van der Waals surface area contributed by atoms with Crippen molar-refractivity contribution in [1.29, 1.82) is 0 Å². The summed E-state index contributed by atoms with van der Waals surface area (Å²) in [5.41, 5.74) is 4.01. The lowest BCUT2D eigenvalue weighted by Gasteiger charge is -2.15. The predicted octanol–water partition coefficient (Wildman–Crippen LogP) is 6.59. The molecular weight excluding hydrogens is 322 g/mol. The fourth-order valence-corrected chi connectivity index (χ4v) is 2.82. The van der Waals surface area contributed by atoms with Gasteiger partial charge in [0, 0.05) is 5.02 Å². The third-order valence-corrected chi connectivity index (χ3v) is 4.69. The highest BCUT2D eigenvalue weighted by Crippen LogP contribution is 2.36. The van der Waals surface area contributed by atoms with Crippen molar-refractivity contribution in [2.24, 2.45) is 0 Å². The molecule has 0 bridgehead atoms. The quantitative estimate of drug-likeness (QED) is 0.543. The fourth-order valence-electron chi connectivity index (χ4n) is 1.93. The van der Waals surface area contributed by atoms with Gasteiger partial charge in [-0.15, -0.1) is 11.6 Å². The van der Waals surface area contributed by atoms with Crippen LogP contribution in [0, 0.1) is 13.8 Å². The van der Waals surface area contributed by atoms with E-state index >= 15 is 0 Å². The maximum Gasteiger partial charge on any atom is 0.0838 e. The van der Waals surface area contributed by atoms with Crippen molar-refractivity contribution in [2.45, 2.75) is 19.2 Å². The van der Waals surface area contributed by atoms with Crippen LogP contribution in [0.2, 0.25) is 15.1 Å². The zero-order valence-electron chi connectivity index (χ0n) is 10.5. The maximum absolute atomic E-state index is 6.54. The molecule has 1 atom stereocenters. The molecule has 0 aromatic heterocycles. The molecule has 2 aromatic carbocycles. The zero-order chi connectivity index (χ0) is 14.2. The molecule has 0 saturated heterocycles. The van der Waals surface area contributed by atoms with Gasteiger partial charge in [-0.25, -0.2) is 0 Å². The van der Waals surface area contributed by atoms with Crippen LogP contribution in [0.1, 0.15) is 27.6 Å². The number of aryl methyl sites for hydroxylation is 2. The largest absolute Gasteiger partial charge is 0.113 e. The molecule has 0 heterocycles. The summed E-state index contributed by atoms with van der Waals surface area (Å²) in [5.74, 6) is 0. The van der Waals surface area contributed by atoms with Gasteiger partial charge in [-0.2, -0.15) is 0 Å². The maximum atomic E-state index is 6.54. The van der Waals surface area contributed by atoms with Crippen molar-refractivity contribution in [2.75, 3.05) is 0 Å². The average Bonchev–Trinajstić information content (AvgIpc) is 2.36. The Bertz CT molecular complexity index is 620. The normalized spacial score (nSPS) is 12.5. The molecule has 2 aromatic rings. The van der Waals surface area contributed by atoms with Crippen LogP contribution in [-0.2, 0) is 0 Å². The van der Waals surface area contributed by atoms with Crippen molar-refractivity contribution in [1.82, 2.24) is 0 Å². The van der Waals surface area contributed by atoms with Crippen LogP contribution >= 0.6 is 46.4 Å². The summed E-state index contributed by atoms with van der Waals surface area (Å²) in [6.07, 6.45) is 0. The Morgan fingerprint density at radius 2 is 1.47 bits per heavy atom. The molecular formula is C15H12Cl4. The molecule has 0 aliphatic carbocycles. The number of alkyl halides is 1. The molecule has 1 unspecified atom stereocenters. The molecule has 0 nitrogen and oxygen atoms in total. The van der Waals surface area contributed by atoms with Crippen LogP contribution in [0.3, 0.4) is 0 Å². The summed E-state index contributed by atoms with van der Waals surface area (Å²) in [5, 5.41) is 1.51. The van der Waals surface area contributed by atoms with Gasteiger partial charge in [0.15, 0.2) is 0 Å². The van der Waals surface area contributed by atoms with E-state index in [1.807, 2.05) is 32.0 Å². The van der Waals surface area contributed by atoms with Crippen LogP contribution in [0.25, 0.3) is 0 Å². The number of halogens is 4. The zero-order valence-corrected chi connectivity index (χ0v) is 13.5. The second-order valence-electron chi connectivity index (χ2n) is 4.49. The van der Waals surface area contributed by atoms with E-state index in [9.17, 15) is 0 Å². The Morgan fingerprint density at radius 3 is 2.11 bits per heavy atom. The van der Waals surface area contributed by atoms with Crippen LogP contribution in [0.15, 0.2) is 30.3 Å². The third-order valence-electron chi connectivity index (χ3n) is 3.06. The standard InChI is InChI=1S/C15H12Cl4/c1-8-6-13(17)9(2)5-11(8)15(19)10-3-4-12(16)14(18)7-10/h3-7,15H,1-2H3. The second-order valence-corrected chi connectivity index (χ2v) is 6.15. The van der Waals surface area contributed by atoms with Crippen molar-refractivity contribution in [3.8, 4) is 0 Å². The van der Waals surface area contributed by atoms with Crippen molar-refractivity contribution in [3.63, 3.8) is 0 Å². The van der Waals surface area contributed by atoms with Crippen LogP contribution < -0.4 is 0 Å². The average molecular weight is 334 g/mol. The van der Waals surface area contributed by atoms with E-state index in [0.29, 0.717) is 10.0 Å². The van der Waals surface area contributed by atoms with E-state index < -0.39 is 0 Å². The lowest BCUT2D eigenvalue weighted by Crippen LogP contribution is -1.98. The monoisotopic (exact) mass is 332 g/mol. The molecule has 19 heavy (non-hydrogen) atoms. The minimum Gasteiger partial charge on any atom is -0.113 e. The Kier molecular flexibility index (Phi) is 4.68. The fraction of sp³-hybridized carbons (Fsp3) is 0.200. The number of hydrogen-bond donors (Lipinski definition) is 0. The van der Waals surface area contributed by atoms with Gasteiger partial charge in [0.25, 0.3) is 0 Å². The highest BCUT2D eigenvalue weighted by atomic mass is 35.5. The molecule has 100 valence electrons. The highest BCUT2D eigenvalue weighted by Gasteiger charge is 2.15. The molecule has 0 spiro atoms. The first-order valence-corrected chi connectivity index (χ1v) is 7.33. The first-order chi connectivity index (χ1) is 8.90. The lowest BCUT2D eigenvalue weighted by molar-refractivity contribution is 1.10. The van der Waals surface area contributed by atoms with Crippen molar-refractivity contribution < 1.29 is 0 Å². The van der Waals surface area contributed by atoms with Gasteiger partial charge in [-0.1, -0.05) is 46.9 Å².